The van der Waals surface area contributed by atoms with Crippen molar-refractivity contribution in [2.24, 2.45) is 0 Å². The fourth-order valence-corrected chi connectivity index (χ4v) is 2.44. The molecule has 0 spiro atoms. The highest BCUT2D eigenvalue weighted by atomic mass is 16.6. The summed E-state index contributed by atoms with van der Waals surface area (Å²) in [5.41, 5.74) is 0.742. The van der Waals surface area contributed by atoms with Crippen molar-refractivity contribution in [1.82, 2.24) is 4.90 Å². The number of nitro groups is 1. The second-order valence-electron chi connectivity index (χ2n) is 4.83. The van der Waals surface area contributed by atoms with E-state index in [0.717, 1.165) is 25.9 Å². The van der Waals surface area contributed by atoms with Crippen molar-refractivity contribution >= 4 is 11.6 Å². The molecule has 1 saturated heterocycles. The average Bonchev–Trinajstić information content (AvgIpc) is 2.46. The van der Waals surface area contributed by atoms with Gasteiger partial charge in [0.25, 0.3) is 5.69 Å². The number of piperidine rings is 1. The van der Waals surface area contributed by atoms with Crippen molar-refractivity contribution in [3.63, 3.8) is 0 Å². The van der Waals surface area contributed by atoms with Crippen LogP contribution in [0.2, 0.25) is 0 Å². The van der Waals surface area contributed by atoms with Gasteiger partial charge in [0.15, 0.2) is 0 Å². The largest absolute Gasteiger partial charge is 0.343 e. The van der Waals surface area contributed by atoms with Gasteiger partial charge in [0.05, 0.1) is 4.92 Å². The lowest BCUT2D eigenvalue weighted by atomic mass is 10.1. The van der Waals surface area contributed by atoms with E-state index in [-0.39, 0.29) is 16.5 Å². The van der Waals surface area contributed by atoms with Gasteiger partial charge in [-0.1, -0.05) is 18.2 Å². The summed E-state index contributed by atoms with van der Waals surface area (Å²) < 4.78 is 0. The molecule has 0 atom stereocenters. The molecule has 1 aromatic carbocycles. The van der Waals surface area contributed by atoms with Crippen molar-refractivity contribution < 1.29 is 9.72 Å². The van der Waals surface area contributed by atoms with Crippen LogP contribution in [0.4, 0.5) is 5.69 Å². The van der Waals surface area contributed by atoms with Crippen LogP contribution in [0.1, 0.15) is 31.2 Å². The van der Waals surface area contributed by atoms with Gasteiger partial charge in [-0.05, 0) is 25.7 Å². The van der Waals surface area contributed by atoms with E-state index < -0.39 is 0 Å². The van der Waals surface area contributed by atoms with Gasteiger partial charge < -0.3 is 4.90 Å². The number of carbonyl (C=O) groups is 1. The molecule has 0 aliphatic carbocycles. The summed E-state index contributed by atoms with van der Waals surface area (Å²) in [4.78, 5) is 24.4. The van der Waals surface area contributed by atoms with Crippen LogP contribution in [0.3, 0.4) is 0 Å². The van der Waals surface area contributed by atoms with Crippen LogP contribution in [0.15, 0.2) is 24.3 Å². The third-order valence-corrected chi connectivity index (χ3v) is 3.51. The zero-order valence-corrected chi connectivity index (χ0v) is 10.9. The molecule has 0 saturated carbocycles. The molecule has 5 heteroatoms. The van der Waals surface area contributed by atoms with Crippen molar-refractivity contribution in [2.45, 2.75) is 32.1 Å². The number of aryl methyl sites for hydroxylation is 1. The molecule has 1 aliphatic heterocycles. The lowest BCUT2D eigenvalue weighted by molar-refractivity contribution is -0.385. The predicted molar refractivity (Wildman–Crippen MR) is 71.8 cm³/mol. The van der Waals surface area contributed by atoms with Crippen molar-refractivity contribution in [2.75, 3.05) is 13.1 Å². The third kappa shape index (κ3) is 3.53. The molecule has 0 N–H and O–H groups in total. The molecule has 1 aromatic rings. The van der Waals surface area contributed by atoms with E-state index in [2.05, 4.69) is 0 Å². The fourth-order valence-electron chi connectivity index (χ4n) is 2.44. The Balaban J connectivity index is 1.94. The van der Waals surface area contributed by atoms with E-state index in [1.54, 1.807) is 18.2 Å². The molecule has 5 nitrogen and oxygen atoms in total. The van der Waals surface area contributed by atoms with Crippen LogP contribution >= 0.6 is 0 Å². The number of nitro benzene ring substituents is 1. The number of likely N-dealkylation sites (tertiary alicyclic amines) is 1. The highest BCUT2D eigenvalue weighted by Gasteiger charge is 2.18. The van der Waals surface area contributed by atoms with E-state index in [1.165, 1.54) is 12.5 Å². The highest BCUT2D eigenvalue weighted by Crippen LogP contribution is 2.20. The number of nitrogens with zero attached hydrogens (tertiary/aromatic N) is 2. The van der Waals surface area contributed by atoms with Gasteiger partial charge >= 0.3 is 0 Å². The zero-order chi connectivity index (χ0) is 13.7. The fraction of sp³-hybridized carbons (Fsp3) is 0.500. The zero-order valence-electron chi connectivity index (χ0n) is 10.9. The summed E-state index contributed by atoms with van der Waals surface area (Å²) in [5.74, 6) is 0.109. The topological polar surface area (TPSA) is 63.4 Å². The molecular formula is C14H18N2O3. The molecule has 0 radical (unpaired) electrons. The van der Waals surface area contributed by atoms with Crippen molar-refractivity contribution in [3.8, 4) is 0 Å². The Morgan fingerprint density at radius 3 is 2.58 bits per heavy atom. The van der Waals surface area contributed by atoms with E-state index in [0.29, 0.717) is 18.4 Å². The normalized spacial score (nSPS) is 15.3. The van der Waals surface area contributed by atoms with Gasteiger partial charge in [-0.3, -0.25) is 14.9 Å². The Morgan fingerprint density at radius 2 is 1.89 bits per heavy atom. The molecule has 1 aliphatic rings. The molecule has 1 heterocycles. The maximum Gasteiger partial charge on any atom is 0.272 e. The Hall–Kier alpha value is -1.91. The maximum absolute atomic E-state index is 12.0. The molecule has 19 heavy (non-hydrogen) atoms. The summed E-state index contributed by atoms with van der Waals surface area (Å²) >= 11 is 0. The monoisotopic (exact) mass is 262 g/mol. The summed E-state index contributed by atoms with van der Waals surface area (Å²) in [5, 5.41) is 10.9. The van der Waals surface area contributed by atoms with E-state index in [1.807, 2.05) is 4.90 Å². The molecule has 0 aromatic heterocycles. The lowest BCUT2D eigenvalue weighted by Gasteiger charge is -2.26. The minimum Gasteiger partial charge on any atom is -0.343 e. The summed E-state index contributed by atoms with van der Waals surface area (Å²) in [6, 6.07) is 6.63. The van der Waals surface area contributed by atoms with Gasteiger partial charge in [0.1, 0.15) is 0 Å². The summed E-state index contributed by atoms with van der Waals surface area (Å²) in [6.45, 7) is 1.66. The molecular weight excluding hydrogens is 244 g/mol. The second-order valence-corrected chi connectivity index (χ2v) is 4.83. The van der Waals surface area contributed by atoms with E-state index in [4.69, 9.17) is 0 Å². The van der Waals surface area contributed by atoms with Crippen LogP contribution in [0.25, 0.3) is 0 Å². The van der Waals surface area contributed by atoms with Crippen LogP contribution in [0.5, 0.6) is 0 Å². The third-order valence-electron chi connectivity index (χ3n) is 3.51. The number of hydrogen-bond donors (Lipinski definition) is 0. The highest BCUT2D eigenvalue weighted by molar-refractivity contribution is 5.76. The standard InChI is InChI=1S/C14H18N2O3/c17-14(15-10-4-1-5-11-15)9-8-12-6-2-3-7-13(12)16(18)19/h2-3,6-7H,1,4-5,8-11H2. The number of para-hydroxylation sites is 1. The van der Waals surface area contributed by atoms with Crippen LogP contribution in [-0.2, 0) is 11.2 Å². The van der Waals surface area contributed by atoms with Gasteiger partial charge in [0, 0.05) is 31.1 Å². The minimum atomic E-state index is -0.388. The van der Waals surface area contributed by atoms with Gasteiger partial charge in [-0.25, -0.2) is 0 Å². The molecule has 102 valence electrons. The van der Waals surface area contributed by atoms with Gasteiger partial charge in [-0.2, -0.15) is 0 Å². The first-order valence-electron chi connectivity index (χ1n) is 6.68. The maximum atomic E-state index is 12.0. The van der Waals surface area contributed by atoms with Gasteiger partial charge in [-0.15, -0.1) is 0 Å². The number of hydrogen-bond acceptors (Lipinski definition) is 3. The Kier molecular flexibility index (Phi) is 4.49. The number of benzene rings is 1. The average molecular weight is 262 g/mol. The first-order valence-corrected chi connectivity index (χ1v) is 6.68. The van der Waals surface area contributed by atoms with E-state index >= 15 is 0 Å². The number of rotatable bonds is 4. The smallest absolute Gasteiger partial charge is 0.272 e. The quantitative estimate of drug-likeness (QED) is 0.618. The first-order chi connectivity index (χ1) is 9.18. The molecule has 1 fully saturated rings. The Bertz CT molecular complexity index is 468. The molecule has 0 bridgehead atoms. The second kappa shape index (κ2) is 6.31. The Morgan fingerprint density at radius 1 is 1.21 bits per heavy atom. The SMILES string of the molecule is O=C(CCc1ccccc1[N+](=O)[O-])N1CCCCC1. The predicted octanol–water partition coefficient (Wildman–Crippen LogP) is 2.54. The van der Waals surface area contributed by atoms with E-state index in [9.17, 15) is 14.9 Å². The van der Waals surface area contributed by atoms with Crippen LogP contribution < -0.4 is 0 Å². The number of amides is 1. The molecule has 2 rings (SSSR count). The summed E-state index contributed by atoms with van der Waals surface area (Å²) in [6.07, 6.45) is 4.11. The minimum absolute atomic E-state index is 0.106. The molecule has 1 amide bonds. The molecule has 0 unspecified atom stereocenters. The van der Waals surface area contributed by atoms with Gasteiger partial charge in [0.2, 0.25) is 5.91 Å². The van der Waals surface area contributed by atoms with Crippen molar-refractivity contribution in [3.05, 3.63) is 39.9 Å². The first kappa shape index (κ1) is 13.5. The Labute approximate surface area is 112 Å². The lowest BCUT2D eigenvalue weighted by Crippen LogP contribution is -2.35. The number of carbonyl (C=O) groups excluding carboxylic acids is 1. The summed E-state index contributed by atoms with van der Waals surface area (Å²) in [7, 11) is 0. The van der Waals surface area contributed by atoms with Crippen LogP contribution in [0, 0.1) is 10.1 Å². The van der Waals surface area contributed by atoms with Crippen molar-refractivity contribution in [1.29, 1.82) is 0 Å². The van der Waals surface area contributed by atoms with Crippen LogP contribution in [-0.4, -0.2) is 28.8 Å².